The van der Waals surface area contributed by atoms with Gasteiger partial charge in [-0.05, 0) is 37.1 Å². The number of para-hydroxylation sites is 3. The number of anilines is 1. The minimum Gasteiger partial charge on any atom is -0.493 e. The maximum Gasteiger partial charge on any atom is 0.230 e. The average Bonchev–Trinajstić information content (AvgIpc) is 2.91. The SMILES string of the molecule is COc1ccccc1OCCC(=O)N1c2ccccc2CC1C. The first-order valence-corrected chi connectivity index (χ1v) is 7.86. The quantitative estimate of drug-likeness (QED) is 0.849. The molecule has 3 rings (SSSR count). The van der Waals surface area contributed by atoms with Crippen LogP contribution in [-0.4, -0.2) is 25.7 Å². The topological polar surface area (TPSA) is 38.8 Å². The van der Waals surface area contributed by atoms with Crippen molar-refractivity contribution in [3.05, 3.63) is 54.1 Å². The fourth-order valence-electron chi connectivity index (χ4n) is 3.05. The predicted octanol–water partition coefficient (Wildman–Crippen LogP) is 3.44. The number of benzene rings is 2. The minimum absolute atomic E-state index is 0.0948. The van der Waals surface area contributed by atoms with Gasteiger partial charge in [0.05, 0.1) is 20.1 Å². The smallest absolute Gasteiger partial charge is 0.230 e. The summed E-state index contributed by atoms with van der Waals surface area (Å²) in [4.78, 5) is 14.5. The molecule has 1 amide bonds. The van der Waals surface area contributed by atoms with Crippen molar-refractivity contribution in [2.24, 2.45) is 0 Å². The highest BCUT2D eigenvalue weighted by Gasteiger charge is 2.30. The Hall–Kier alpha value is -2.49. The molecule has 0 radical (unpaired) electrons. The molecule has 0 aromatic heterocycles. The van der Waals surface area contributed by atoms with E-state index in [0.717, 1.165) is 12.1 Å². The van der Waals surface area contributed by atoms with Crippen LogP contribution in [0.1, 0.15) is 18.9 Å². The molecule has 1 unspecified atom stereocenters. The molecule has 0 saturated heterocycles. The molecule has 23 heavy (non-hydrogen) atoms. The number of rotatable bonds is 5. The summed E-state index contributed by atoms with van der Waals surface area (Å²) < 4.78 is 11.0. The van der Waals surface area contributed by atoms with Gasteiger partial charge in [-0.2, -0.15) is 0 Å². The zero-order valence-electron chi connectivity index (χ0n) is 13.5. The molecule has 4 heteroatoms. The largest absolute Gasteiger partial charge is 0.493 e. The zero-order chi connectivity index (χ0) is 16.2. The summed E-state index contributed by atoms with van der Waals surface area (Å²) >= 11 is 0. The van der Waals surface area contributed by atoms with E-state index in [-0.39, 0.29) is 11.9 Å². The Morgan fingerprint density at radius 1 is 1.13 bits per heavy atom. The van der Waals surface area contributed by atoms with Crippen molar-refractivity contribution in [1.29, 1.82) is 0 Å². The molecule has 4 nitrogen and oxygen atoms in total. The summed E-state index contributed by atoms with van der Waals surface area (Å²) in [6.45, 7) is 2.42. The lowest BCUT2D eigenvalue weighted by Crippen LogP contribution is -2.36. The summed E-state index contributed by atoms with van der Waals surface area (Å²) in [6, 6.07) is 15.8. The molecular weight excluding hydrogens is 290 g/mol. The monoisotopic (exact) mass is 311 g/mol. The standard InChI is InChI=1S/C19H21NO3/c1-14-13-15-7-3-4-8-16(15)20(14)19(21)11-12-23-18-10-6-5-9-17(18)22-2/h3-10,14H,11-13H2,1-2H3. The number of hydrogen-bond donors (Lipinski definition) is 0. The van der Waals surface area contributed by atoms with Crippen molar-refractivity contribution in [1.82, 2.24) is 0 Å². The number of methoxy groups -OCH3 is 1. The van der Waals surface area contributed by atoms with Gasteiger partial charge in [-0.3, -0.25) is 4.79 Å². The van der Waals surface area contributed by atoms with Crippen LogP contribution in [0, 0.1) is 0 Å². The van der Waals surface area contributed by atoms with Crippen LogP contribution < -0.4 is 14.4 Å². The van der Waals surface area contributed by atoms with Gasteiger partial charge in [0.2, 0.25) is 5.91 Å². The molecular formula is C19H21NO3. The molecule has 2 aromatic rings. The summed E-state index contributed by atoms with van der Waals surface area (Å²) in [7, 11) is 1.61. The summed E-state index contributed by atoms with van der Waals surface area (Å²) in [5, 5.41) is 0. The first kappa shape index (κ1) is 15.4. The molecule has 1 heterocycles. The van der Waals surface area contributed by atoms with Crippen molar-refractivity contribution in [2.75, 3.05) is 18.6 Å². The zero-order valence-corrected chi connectivity index (χ0v) is 13.5. The Labute approximate surface area is 136 Å². The average molecular weight is 311 g/mol. The number of carbonyl (C=O) groups is 1. The van der Waals surface area contributed by atoms with Gasteiger partial charge < -0.3 is 14.4 Å². The summed E-state index contributed by atoms with van der Waals surface area (Å²) in [5.41, 5.74) is 2.27. The molecule has 0 fully saturated rings. The number of carbonyl (C=O) groups excluding carboxylic acids is 1. The molecule has 1 atom stereocenters. The van der Waals surface area contributed by atoms with Crippen LogP contribution in [0.2, 0.25) is 0 Å². The third-order valence-corrected chi connectivity index (χ3v) is 4.12. The Bertz CT molecular complexity index is 699. The van der Waals surface area contributed by atoms with Crippen LogP contribution in [0.3, 0.4) is 0 Å². The van der Waals surface area contributed by atoms with Gasteiger partial charge in [0.1, 0.15) is 0 Å². The van der Waals surface area contributed by atoms with Crippen molar-refractivity contribution < 1.29 is 14.3 Å². The molecule has 1 aliphatic rings. The van der Waals surface area contributed by atoms with E-state index in [1.807, 2.05) is 47.4 Å². The highest BCUT2D eigenvalue weighted by Crippen LogP contribution is 2.32. The van der Waals surface area contributed by atoms with E-state index in [1.54, 1.807) is 7.11 Å². The van der Waals surface area contributed by atoms with Crippen LogP contribution >= 0.6 is 0 Å². The normalized spacial score (nSPS) is 16.1. The summed E-state index contributed by atoms with van der Waals surface area (Å²) in [6.07, 6.45) is 1.26. The number of fused-ring (bicyclic) bond motifs is 1. The van der Waals surface area contributed by atoms with Gasteiger partial charge in [0, 0.05) is 11.7 Å². The highest BCUT2D eigenvalue weighted by atomic mass is 16.5. The van der Waals surface area contributed by atoms with Gasteiger partial charge in [0.15, 0.2) is 11.5 Å². The van der Waals surface area contributed by atoms with E-state index in [2.05, 4.69) is 13.0 Å². The third-order valence-electron chi connectivity index (χ3n) is 4.12. The van der Waals surface area contributed by atoms with Crippen molar-refractivity contribution in [2.45, 2.75) is 25.8 Å². The second kappa shape index (κ2) is 6.73. The van der Waals surface area contributed by atoms with E-state index < -0.39 is 0 Å². The van der Waals surface area contributed by atoms with Crippen LogP contribution in [-0.2, 0) is 11.2 Å². The first-order chi connectivity index (χ1) is 11.2. The Balaban J connectivity index is 1.62. The third kappa shape index (κ3) is 3.16. The van der Waals surface area contributed by atoms with Crippen molar-refractivity contribution >= 4 is 11.6 Å². The van der Waals surface area contributed by atoms with Crippen molar-refractivity contribution in [3.63, 3.8) is 0 Å². The lowest BCUT2D eigenvalue weighted by Gasteiger charge is -2.23. The minimum atomic E-state index is 0.0948. The van der Waals surface area contributed by atoms with Crippen LogP contribution in [0.25, 0.3) is 0 Å². The van der Waals surface area contributed by atoms with E-state index in [9.17, 15) is 4.79 Å². The number of nitrogens with zero attached hydrogens (tertiary/aromatic N) is 1. The number of amides is 1. The van der Waals surface area contributed by atoms with E-state index in [0.29, 0.717) is 24.5 Å². The fraction of sp³-hybridized carbons (Fsp3) is 0.316. The van der Waals surface area contributed by atoms with Crippen LogP contribution in [0.5, 0.6) is 11.5 Å². The van der Waals surface area contributed by atoms with E-state index in [1.165, 1.54) is 5.56 Å². The molecule has 0 aliphatic carbocycles. The van der Waals surface area contributed by atoms with E-state index >= 15 is 0 Å². The number of hydrogen-bond acceptors (Lipinski definition) is 3. The highest BCUT2D eigenvalue weighted by molar-refractivity contribution is 5.96. The number of ether oxygens (including phenoxy) is 2. The van der Waals surface area contributed by atoms with E-state index in [4.69, 9.17) is 9.47 Å². The first-order valence-electron chi connectivity index (χ1n) is 7.86. The van der Waals surface area contributed by atoms with Crippen molar-refractivity contribution in [3.8, 4) is 11.5 Å². The van der Waals surface area contributed by atoms with Gasteiger partial charge in [-0.15, -0.1) is 0 Å². The lowest BCUT2D eigenvalue weighted by molar-refractivity contribution is -0.119. The van der Waals surface area contributed by atoms with Gasteiger partial charge in [-0.1, -0.05) is 30.3 Å². The molecule has 120 valence electrons. The molecule has 0 N–H and O–H groups in total. The van der Waals surface area contributed by atoms with Crippen LogP contribution in [0.15, 0.2) is 48.5 Å². The molecule has 0 saturated carbocycles. The second-order valence-corrected chi connectivity index (χ2v) is 5.69. The molecule has 2 aromatic carbocycles. The summed E-state index contributed by atoms with van der Waals surface area (Å²) in [5.74, 6) is 1.44. The van der Waals surface area contributed by atoms with Gasteiger partial charge in [-0.25, -0.2) is 0 Å². The maximum absolute atomic E-state index is 12.6. The second-order valence-electron chi connectivity index (χ2n) is 5.69. The molecule has 1 aliphatic heterocycles. The van der Waals surface area contributed by atoms with Crippen LogP contribution in [0.4, 0.5) is 5.69 Å². The fourth-order valence-corrected chi connectivity index (χ4v) is 3.05. The maximum atomic E-state index is 12.6. The predicted molar refractivity (Wildman–Crippen MR) is 90.2 cm³/mol. The Morgan fingerprint density at radius 3 is 2.61 bits per heavy atom. The van der Waals surface area contributed by atoms with Gasteiger partial charge >= 0.3 is 0 Å². The van der Waals surface area contributed by atoms with Gasteiger partial charge in [0.25, 0.3) is 0 Å². The Kier molecular flexibility index (Phi) is 4.51. The molecule has 0 spiro atoms. The lowest BCUT2D eigenvalue weighted by atomic mass is 10.1. The Morgan fingerprint density at radius 2 is 1.83 bits per heavy atom. The molecule has 0 bridgehead atoms.